The Kier molecular flexibility index (Phi) is 3.88. The quantitative estimate of drug-likeness (QED) is 0.481. The minimum Gasteiger partial charge on any atom is -0.271 e. The van der Waals surface area contributed by atoms with Gasteiger partial charge in [0.25, 0.3) is 0 Å². The van der Waals surface area contributed by atoms with Crippen LogP contribution in [0.15, 0.2) is 18.2 Å². The Balaban J connectivity index is 3.17. The van der Waals surface area contributed by atoms with Gasteiger partial charge in [0.15, 0.2) is 0 Å². The molecule has 3 N–H and O–H groups in total. The molecule has 6 heteroatoms. The van der Waals surface area contributed by atoms with Gasteiger partial charge in [-0.05, 0) is 24.1 Å². The standard InChI is InChI=1S/C10H12F4N2/c1-2-9(16-15)6-3-4-8(11)7(5-6)10(12,13)14/h3-5,9,16H,2,15H2,1H3. The molecule has 0 fully saturated rings. The Labute approximate surface area is 90.4 Å². The summed E-state index contributed by atoms with van der Waals surface area (Å²) >= 11 is 0. The van der Waals surface area contributed by atoms with Gasteiger partial charge >= 0.3 is 6.18 Å². The van der Waals surface area contributed by atoms with Gasteiger partial charge in [-0.1, -0.05) is 13.0 Å². The first kappa shape index (κ1) is 12.9. The molecule has 1 aromatic carbocycles. The lowest BCUT2D eigenvalue weighted by Crippen LogP contribution is -2.27. The lowest BCUT2D eigenvalue weighted by Gasteiger charge is -2.16. The molecule has 0 saturated heterocycles. The molecule has 0 bridgehead atoms. The summed E-state index contributed by atoms with van der Waals surface area (Å²) in [5, 5.41) is 0. The molecule has 16 heavy (non-hydrogen) atoms. The Morgan fingerprint density at radius 3 is 2.44 bits per heavy atom. The number of rotatable bonds is 3. The van der Waals surface area contributed by atoms with Gasteiger partial charge in [-0.15, -0.1) is 0 Å². The van der Waals surface area contributed by atoms with E-state index in [-0.39, 0.29) is 0 Å². The van der Waals surface area contributed by atoms with Crippen molar-refractivity contribution in [2.75, 3.05) is 0 Å². The highest BCUT2D eigenvalue weighted by atomic mass is 19.4. The summed E-state index contributed by atoms with van der Waals surface area (Å²) < 4.78 is 50.2. The van der Waals surface area contributed by atoms with Crippen molar-refractivity contribution in [1.82, 2.24) is 5.43 Å². The van der Waals surface area contributed by atoms with Crippen molar-refractivity contribution in [3.05, 3.63) is 35.1 Å². The van der Waals surface area contributed by atoms with Crippen molar-refractivity contribution >= 4 is 0 Å². The molecule has 1 aromatic rings. The Hall–Kier alpha value is -1.14. The molecule has 0 aliphatic heterocycles. The van der Waals surface area contributed by atoms with E-state index >= 15 is 0 Å². The van der Waals surface area contributed by atoms with Crippen LogP contribution in [-0.4, -0.2) is 0 Å². The molecule has 0 aromatic heterocycles. The van der Waals surface area contributed by atoms with Crippen LogP contribution in [-0.2, 0) is 6.18 Å². The van der Waals surface area contributed by atoms with Crippen LogP contribution in [0.3, 0.4) is 0 Å². The first-order valence-electron chi connectivity index (χ1n) is 4.73. The molecular weight excluding hydrogens is 224 g/mol. The van der Waals surface area contributed by atoms with Crippen LogP contribution < -0.4 is 11.3 Å². The maximum Gasteiger partial charge on any atom is 0.419 e. The zero-order chi connectivity index (χ0) is 12.3. The normalized spacial score (nSPS) is 13.9. The van der Waals surface area contributed by atoms with Crippen molar-refractivity contribution in [2.45, 2.75) is 25.6 Å². The molecule has 0 amide bonds. The third kappa shape index (κ3) is 2.70. The van der Waals surface area contributed by atoms with Crippen LogP contribution in [0.4, 0.5) is 17.6 Å². The number of nitrogens with two attached hydrogens (primary N) is 1. The molecule has 0 heterocycles. The SMILES string of the molecule is CCC(NN)c1ccc(F)c(C(F)(F)F)c1. The van der Waals surface area contributed by atoms with E-state index in [9.17, 15) is 17.6 Å². The molecular formula is C10H12F4N2. The Bertz CT molecular complexity index is 358. The Morgan fingerprint density at radius 2 is 2.00 bits per heavy atom. The van der Waals surface area contributed by atoms with Gasteiger partial charge in [-0.25, -0.2) is 4.39 Å². The van der Waals surface area contributed by atoms with Gasteiger partial charge < -0.3 is 0 Å². The highest BCUT2D eigenvalue weighted by Crippen LogP contribution is 2.33. The molecule has 1 atom stereocenters. The predicted molar refractivity (Wildman–Crippen MR) is 51.8 cm³/mol. The lowest BCUT2D eigenvalue weighted by molar-refractivity contribution is -0.140. The molecule has 0 radical (unpaired) electrons. The van der Waals surface area contributed by atoms with Crippen LogP contribution >= 0.6 is 0 Å². The predicted octanol–water partition coefficient (Wildman–Crippen LogP) is 2.76. The third-order valence-corrected chi connectivity index (χ3v) is 2.31. The van der Waals surface area contributed by atoms with Gasteiger partial charge in [0.05, 0.1) is 5.56 Å². The number of halogens is 4. The van der Waals surface area contributed by atoms with Crippen molar-refractivity contribution in [3.63, 3.8) is 0 Å². The van der Waals surface area contributed by atoms with E-state index in [1.807, 2.05) is 0 Å². The smallest absolute Gasteiger partial charge is 0.271 e. The van der Waals surface area contributed by atoms with Crippen LogP contribution in [0.25, 0.3) is 0 Å². The van der Waals surface area contributed by atoms with E-state index in [0.717, 1.165) is 12.1 Å². The number of alkyl halides is 3. The highest BCUT2D eigenvalue weighted by Gasteiger charge is 2.34. The molecule has 1 unspecified atom stereocenters. The van der Waals surface area contributed by atoms with Gasteiger partial charge in [-0.2, -0.15) is 13.2 Å². The highest BCUT2D eigenvalue weighted by molar-refractivity contribution is 5.29. The Morgan fingerprint density at radius 1 is 1.38 bits per heavy atom. The number of nitrogens with one attached hydrogen (secondary N) is 1. The van der Waals surface area contributed by atoms with E-state index in [1.165, 1.54) is 6.07 Å². The topological polar surface area (TPSA) is 38.0 Å². The van der Waals surface area contributed by atoms with Crippen LogP contribution in [0.1, 0.15) is 30.5 Å². The van der Waals surface area contributed by atoms with Gasteiger partial charge in [0.1, 0.15) is 5.82 Å². The number of hydrogen-bond acceptors (Lipinski definition) is 2. The van der Waals surface area contributed by atoms with E-state index < -0.39 is 23.6 Å². The zero-order valence-corrected chi connectivity index (χ0v) is 8.61. The average molecular weight is 236 g/mol. The summed E-state index contributed by atoms with van der Waals surface area (Å²) in [4.78, 5) is 0. The molecule has 1 rings (SSSR count). The molecule has 0 aliphatic rings. The molecule has 90 valence electrons. The largest absolute Gasteiger partial charge is 0.419 e. The summed E-state index contributed by atoms with van der Waals surface area (Å²) in [5.74, 6) is 3.91. The van der Waals surface area contributed by atoms with E-state index in [2.05, 4.69) is 5.43 Å². The first-order valence-corrected chi connectivity index (χ1v) is 4.73. The fourth-order valence-corrected chi connectivity index (χ4v) is 1.43. The number of hydrogen-bond donors (Lipinski definition) is 2. The fourth-order valence-electron chi connectivity index (χ4n) is 1.43. The van der Waals surface area contributed by atoms with Crippen molar-refractivity contribution in [3.8, 4) is 0 Å². The minimum absolute atomic E-state index is 0.318. The summed E-state index contributed by atoms with van der Waals surface area (Å²) in [5.41, 5.74) is 1.43. The molecule has 0 saturated carbocycles. The monoisotopic (exact) mass is 236 g/mol. The molecule has 2 nitrogen and oxygen atoms in total. The second-order valence-corrected chi connectivity index (χ2v) is 3.36. The summed E-state index contributed by atoms with van der Waals surface area (Å²) in [6.45, 7) is 1.77. The summed E-state index contributed by atoms with van der Waals surface area (Å²) in [6.07, 6.45) is -4.17. The lowest BCUT2D eigenvalue weighted by atomic mass is 10.0. The minimum atomic E-state index is -4.69. The van der Waals surface area contributed by atoms with E-state index in [1.54, 1.807) is 6.92 Å². The van der Waals surface area contributed by atoms with Gasteiger partial charge in [-0.3, -0.25) is 11.3 Å². The maximum absolute atomic E-state index is 13.0. The van der Waals surface area contributed by atoms with Crippen molar-refractivity contribution in [1.29, 1.82) is 0 Å². The second-order valence-electron chi connectivity index (χ2n) is 3.36. The van der Waals surface area contributed by atoms with Gasteiger partial charge in [0.2, 0.25) is 0 Å². The second kappa shape index (κ2) is 4.80. The van der Waals surface area contributed by atoms with Crippen LogP contribution in [0.2, 0.25) is 0 Å². The number of benzene rings is 1. The molecule has 0 aliphatic carbocycles. The van der Waals surface area contributed by atoms with Crippen molar-refractivity contribution < 1.29 is 17.6 Å². The van der Waals surface area contributed by atoms with E-state index in [4.69, 9.17) is 5.84 Å². The van der Waals surface area contributed by atoms with Crippen LogP contribution in [0, 0.1) is 5.82 Å². The summed E-state index contributed by atoms with van der Waals surface area (Å²) in [6, 6.07) is 2.46. The first-order chi connectivity index (χ1) is 7.40. The average Bonchev–Trinajstić information content (AvgIpc) is 2.20. The van der Waals surface area contributed by atoms with Crippen LogP contribution in [0.5, 0.6) is 0 Å². The van der Waals surface area contributed by atoms with Gasteiger partial charge in [0, 0.05) is 6.04 Å². The van der Waals surface area contributed by atoms with Crippen molar-refractivity contribution in [2.24, 2.45) is 5.84 Å². The fraction of sp³-hybridized carbons (Fsp3) is 0.400. The van der Waals surface area contributed by atoms with E-state index in [0.29, 0.717) is 12.0 Å². The number of hydrazine groups is 1. The molecule has 0 spiro atoms. The third-order valence-electron chi connectivity index (χ3n) is 2.31. The zero-order valence-electron chi connectivity index (χ0n) is 8.61. The summed E-state index contributed by atoms with van der Waals surface area (Å²) in [7, 11) is 0. The maximum atomic E-state index is 13.0.